The fraction of sp³-hybridized carbons (Fsp3) is 1.00. The van der Waals surface area contributed by atoms with E-state index < -0.39 is 40.1 Å². The second-order valence-corrected chi connectivity index (χ2v) is 12.4. The molecule has 0 heterocycles. The van der Waals surface area contributed by atoms with Gasteiger partial charge >= 0.3 is 18.9 Å². The zero-order valence-electron chi connectivity index (χ0n) is 12.0. The molecule has 110 valence electrons. The fourth-order valence-electron chi connectivity index (χ4n) is 1.65. The van der Waals surface area contributed by atoms with Gasteiger partial charge in [-0.25, -0.2) is 16.8 Å². The van der Waals surface area contributed by atoms with Crippen LogP contribution in [-0.4, -0.2) is 41.2 Å². The van der Waals surface area contributed by atoms with Crippen LogP contribution in [0.1, 0.15) is 27.2 Å². The van der Waals surface area contributed by atoms with Crippen LogP contribution in [0.15, 0.2) is 0 Å². The normalized spacial score (nSPS) is 13.1. The van der Waals surface area contributed by atoms with Gasteiger partial charge in [0, 0.05) is 5.75 Å². The Balaban J connectivity index is 0. The first-order valence-corrected chi connectivity index (χ1v) is 11.6. The van der Waals surface area contributed by atoms with E-state index in [1.165, 1.54) is 0 Å². The zero-order chi connectivity index (χ0) is 14.4. The topological polar surface area (TPSA) is 101 Å². The van der Waals surface area contributed by atoms with Crippen LogP contribution in [-0.2, 0) is 24.1 Å². The van der Waals surface area contributed by atoms with E-state index in [0.29, 0.717) is 18.1 Å². The van der Waals surface area contributed by atoms with Gasteiger partial charge in [-0.05, 0) is 24.6 Å². The van der Waals surface area contributed by atoms with Crippen LogP contribution in [0.4, 0.5) is 0 Å². The molecule has 0 aliphatic rings. The molecule has 6 nitrogen and oxygen atoms in total. The van der Waals surface area contributed by atoms with Crippen LogP contribution >= 0.6 is 0 Å². The van der Waals surface area contributed by atoms with Gasteiger partial charge in [-0.3, -0.25) is 0 Å². The van der Waals surface area contributed by atoms with Crippen molar-refractivity contribution >= 4 is 28.6 Å². The van der Waals surface area contributed by atoms with Gasteiger partial charge < -0.3 is 8.42 Å². The SMILES string of the molecule is CC[Si](CC)(CC)OS(=O)(=O)CCCS(=O)(=O)[O-].[Li+]. The Morgan fingerprint density at radius 2 is 1.37 bits per heavy atom. The number of rotatable bonds is 9. The van der Waals surface area contributed by atoms with Crippen molar-refractivity contribution in [2.75, 3.05) is 11.5 Å². The van der Waals surface area contributed by atoms with Gasteiger partial charge in [0.25, 0.3) is 10.1 Å². The monoisotopic (exact) mass is 324 g/mol. The molecule has 0 aliphatic carbocycles. The molecule has 0 fully saturated rings. The van der Waals surface area contributed by atoms with Crippen LogP contribution in [0, 0.1) is 0 Å². The zero-order valence-corrected chi connectivity index (χ0v) is 14.6. The molecular formula is C9H21LiO6S2Si. The number of hydrogen-bond donors (Lipinski definition) is 0. The second-order valence-electron chi connectivity index (χ2n) is 4.20. The van der Waals surface area contributed by atoms with Gasteiger partial charge in [-0.2, -0.15) is 0 Å². The van der Waals surface area contributed by atoms with Gasteiger partial charge in [0.15, 0.2) is 0 Å². The van der Waals surface area contributed by atoms with E-state index in [9.17, 15) is 21.4 Å². The summed E-state index contributed by atoms with van der Waals surface area (Å²) in [6, 6.07) is 2.08. The van der Waals surface area contributed by atoms with E-state index in [-0.39, 0.29) is 25.3 Å². The van der Waals surface area contributed by atoms with Crippen molar-refractivity contribution in [2.24, 2.45) is 0 Å². The molecule has 10 heteroatoms. The molecule has 0 radical (unpaired) electrons. The van der Waals surface area contributed by atoms with Gasteiger partial charge in [-0.1, -0.05) is 20.8 Å². The molecule has 19 heavy (non-hydrogen) atoms. The van der Waals surface area contributed by atoms with Crippen molar-refractivity contribution in [1.82, 2.24) is 0 Å². The second kappa shape index (κ2) is 8.82. The summed E-state index contributed by atoms with van der Waals surface area (Å²) in [5, 5.41) is 0. The summed E-state index contributed by atoms with van der Waals surface area (Å²) in [6.45, 7) is 5.70. The molecule has 0 aromatic rings. The Bertz CT molecular complexity index is 435. The maximum atomic E-state index is 11.7. The Morgan fingerprint density at radius 1 is 0.947 bits per heavy atom. The van der Waals surface area contributed by atoms with E-state index in [1.54, 1.807) is 0 Å². The van der Waals surface area contributed by atoms with Gasteiger partial charge in [-0.15, -0.1) is 0 Å². The van der Waals surface area contributed by atoms with Gasteiger partial charge in [0.05, 0.1) is 15.9 Å². The molecule has 0 N–H and O–H groups in total. The summed E-state index contributed by atoms with van der Waals surface area (Å²) in [5.41, 5.74) is 0. The molecule has 0 saturated heterocycles. The van der Waals surface area contributed by atoms with Crippen molar-refractivity contribution in [3.05, 3.63) is 0 Å². The van der Waals surface area contributed by atoms with Crippen molar-refractivity contribution in [3.63, 3.8) is 0 Å². The van der Waals surface area contributed by atoms with E-state index in [1.807, 2.05) is 20.8 Å². The molecule has 0 saturated carbocycles. The Labute approximate surface area is 129 Å². The summed E-state index contributed by atoms with van der Waals surface area (Å²) in [7, 11) is -10.4. The van der Waals surface area contributed by atoms with Crippen LogP contribution in [0.2, 0.25) is 18.1 Å². The third-order valence-electron chi connectivity index (χ3n) is 3.03. The molecule has 0 aliphatic heterocycles. The molecular weight excluding hydrogens is 303 g/mol. The Kier molecular flexibility index (Phi) is 10.2. The summed E-state index contributed by atoms with van der Waals surface area (Å²) < 4.78 is 59.9. The molecule has 0 bridgehead atoms. The maximum absolute atomic E-state index is 11.7. The van der Waals surface area contributed by atoms with E-state index in [4.69, 9.17) is 3.87 Å². The summed E-state index contributed by atoms with van der Waals surface area (Å²) in [5.74, 6) is -1.09. The predicted molar refractivity (Wildman–Crippen MR) is 71.3 cm³/mol. The standard InChI is InChI=1S/C9H22O6S2Si.Li/c1-4-18(5-2,6-3)15-17(13,14)9-7-8-16(10,11)12;/h4-9H2,1-3H3,(H,10,11,12);/q;+1/p-1. The van der Waals surface area contributed by atoms with Crippen LogP contribution < -0.4 is 18.9 Å². The van der Waals surface area contributed by atoms with Crippen LogP contribution in [0.5, 0.6) is 0 Å². The first-order chi connectivity index (χ1) is 8.10. The Hall–Kier alpha value is 0.634. The van der Waals surface area contributed by atoms with Crippen molar-refractivity contribution < 1.29 is 44.1 Å². The molecule has 0 unspecified atom stereocenters. The van der Waals surface area contributed by atoms with Crippen molar-refractivity contribution in [1.29, 1.82) is 0 Å². The average Bonchev–Trinajstić information content (AvgIpc) is 2.24. The minimum absolute atomic E-state index is 0. The minimum Gasteiger partial charge on any atom is -0.748 e. The van der Waals surface area contributed by atoms with Crippen LogP contribution in [0.3, 0.4) is 0 Å². The molecule has 0 rings (SSSR count). The third kappa shape index (κ3) is 9.23. The summed E-state index contributed by atoms with van der Waals surface area (Å²) >= 11 is 0. The quantitative estimate of drug-likeness (QED) is 0.369. The van der Waals surface area contributed by atoms with Gasteiger partial charge in [0.1, 0.15) is 0 Å². The molecule has 0 atom stereocenters. The van der Waals surface area contributed by atoms with Crippen molar-refractivity contribution in [2.45, 2.75) is 45.3 Å². The van der Waals surface area contributed by atoms with Gasteiger partial charge in [0.2, 0.25) is 8.32 Å². The first kappa shape index (κ1) is 21.9. The smallest absolute Gasteiger partial charge is 0.748 e. The maximum Gasteiger partial charge on any atom is 1.00 e. The van der Waals surface area contributed by atoms with E-state index >= 15 is 0 Å². The molecule has 0 aromatic carbocycles. The average molecular weight is 324 g/mol. The van der Waals surface area contributed by atoms with E-state index in [2.05, 4.69) is 0 Å². The third-order valence-corrected chi connectivity index (χ3v) is 10.9. The molecule has 0 aromatic heterocycles. The molecule has 0 spiro atoms. The molecule has 0 amide bonds. The minimum atomic E-state index is -4.37. The largest absolute Gasteiger partial charge is 1.00 e. The number of hydrogen-bond acceptors (Lipinski definition) is 6. The summed E-state index contributed by atoms with van der Waals surface area (Å²) in [4.78, 5) is 0. The predicted octanol–water partition coefficient (Wildman–Crippen LogP) is -1.72. The Morgan fingerprint density at radius 3 is 1.68 bits per heavy atom. The first-order valence-electron chi connectivity index (χ1n) is 5.96. The van der Waals surface area contributed by atoms with E-state index in [0.717, 1.165) is 0 Å². The van der Waals surface area contributed by atoms with Crippen LogP contribution in [0.25, 0.3) is 0 Å². The summed E-state index contributed by atoms with van der Waals surface area (Å²) in [6.07, 6.45) is -0.213. The van der Waals surface area contributed by atoms with Crippen molar-refractivity contribution in [3.8, 4) is 0 Å². The fourth-order valence-corrected chi connectivity index (χ4v) is 8.23.